The van der Waals surface area contributed by atoms with Crippen molar-refractivity contribution in [3.8, 4) is 5.75 Å². The van der Waals surface area contributed by atoms with Gasteiger partial charge < -0.3 is 10.1 Å². The van der Waals surface area contributed by atoms with E-state index in [4.69, 9.17) is 4.74 Å². The molecule has 0 aliphatic carbocycles. The number of carbonyl (C=O) groups excluding carboxylic acids is 3. The molecule has 0 unspecified atom stereocenters. The number of hydrogen-bond acceptors (Lipinski definition) is 4. The first-order chi connectivity index (χ1) is 15.1. The number of nitrogens with one attached hydrogen (secondary N) is 3. The first-order valence-electron chi connectivity index (χ1n) is 10.8. The Balaban J connectivity index is 1.67. The Hall–Kier alpha value is -3.35. The molecule has 7 heteroatoms. The van der Waals surface area contributed by atoms with Crippen LogP contribution in [0.5, 0.6) is 5.75 Å². The molecule has 0 bridgehead atoms. The van der Waals surface area contributed by atoms with Crippen molar-refractivity contribution in [3.63, 3.8) is 0 Å². The third kappa shape index (κ3) is 7.72. The molecule has 0 aliphatic heterocycles. The van der Waals surface area contributed by atoms with E-state index in [1.54, 1.807) is 0 Å². The lowest BCUT2D eigenvalue weighted by molar-refractivity contribution is -0.130. The fraction of sp³-hybridized carbons (Fsp3) is 0.400. The number of hydrogen-bond donors (Lipinski definition) is 3. The van der Waals surface area contributed by atoms with Crippen molar-refractivity contribution >= 4 is 23.4 Å². The lowest BCUT2D eigenvalue weighted by Gasteiger charge is -2.23. The molecule has 0 aromatic heterocycles. The third-order valence-corrected chi connectivity index (χ3v) is 5.60. The molecule has 3 amide bonds. The molecule has 0 saturated carbocycles. The van der Waals surface area contributed by atoms with E-state index in [-0.39, 0.29) is 30.8 Å². The first kappa shape index (κ1) is 24.9. The smallest absolute Gasteiger partial charge is 0.276 e. The van der Waals surface area contributed by atoms with Gasteiger partial charge in [-0.05, 0) is 66.6 Å². The zero-order valence-electron chi connectivity index (χ0n) is 19.5. The fourth-order valence-electron chi connectivity index (χ4n) is 2.86. The van der Waals surface area contributed by atoms with Crippen molar-refractivity contribution in [2.24, 2.45) is 0 Å². The molecule has 2 aromatic carbocycles. The summed E-state index contributed by atoms with van der Waals surface area (Å²) in [6, 6.07) is 13.3. The highest BCUT2D eigenvalue weighted by atomic mass is 16.5. The van der Waals surface area contributed by atoms with E-state index in [0.717, 1.165) is 17.5 Å². The van der Waals surface area contributed by atoms with Gasteiger partial charge in [-0.15, -0.1) is 0 Å². The van der Waals surface area contributed by atoms with Gasteiger partial charge in [0.15, 0.2) is 6.61 Å². The van der Waals surface area contributed by atoms with Crippen LogP contribution in [-0.4, -0.2) is 24.3 Å². The lowest BCUT2D eigenvalue weighted by Crippen LogP contribution is -2.44. The Morgan fingerprint density at radius 2 is 1.47 bits per heavy atom. The van der Waals surface area contributed by atoms with Gasteiger partial charge in [-0.3, -0.25) is 25.2 Å². The number of hydrazine groups is 1. The maximum Gasteiger partial charge on any atom is 0.276 e. The number of rotatable bonds is 9. The van der Waals surface area contributed by atoms with Crippen LogP contribution in [0, 0.1) is 13.8 Å². The van der Waals surface area contributed by atoms with Gasteiger partial charge in [-0.25, -0.2) is 0 Å². The predicted molar refractivity (Wildman–Crippen MR) is 125 cm³/mol. The van der Waals surface area contributed by atoms with Crippen molar-refractivity contribution in [3.05, 3.63) is 59.2 Å². The number of aryl methyl sites for hydroxylation is 2. The van der Waals surface area contributed by atoms with E-state index in [2.05, 4.69) is 36.9 Å². The van der Waals surface area contributed by atoms with Crippen molar-refractivity contribution in [1.82, 2.24) is 10.9 Å². The van der Waals surface area contributed by atoms with E-state index in [0.29, 0.717) is 11.4 Å². The molecule has 0 saturated heterocycles. The second-order valence-corrected chi connectivity index (χ2v) is 8.49. The zero-order chi connectivity index (χ0) is 23.7. The molecule has 32 heavy (non-hydrogen) atoms. The summed E-state index contributed by atoms with van der Waals surface area (Å²) in [4.78, 5) is 35.8. The van der Waals surface area contributed by atoms with Crippen LogP contribution < -0.4 is 20.9 Å². The minimum atomic E-state index is -0.490. The highest BCUT2D eigenvalue weighted by Crippen LogP contribution is 2.28. The average molecular weight is 440 g/mol. The third-order valence-electron chi connectivity index (χ3n) is 5.60. The van der Waals surface area contributed by atoms with Crippen molar-refractivity contribution in [2.45, 2.75) is 59.3 Å². The summed E-state index contributed by atoms with van der Waals surface area (Å²) in [5.41, 5.74) is 8.76. The Labute approximate surface area is 189 Å². The molecular formula is C25H33N3O4. The van der Waals surface area contributed by atoms with Crippen LogP contribution in [0.15, 0.2) is 42.5 Å². The van der Waals surface area contributed by atoms with Crippen LogP contribution in [0.4, 0.5) is 5.69 Å². The summed E-state index contributed by atoms with van der Waals surface area (Å²) in [6.45, 7) is 10.2. The molecule has 0 fully saturated rings. The summed E-state index contributed by atoms with van der Waals surface area (Å²) >= 11 is 0. The Morgan fingerprint density at radius 1 is 0.844 bits per heavy atom. The number of carbonyl (C=O) groups is 3. The van der Waals surface area contributed by atoms with Gasteiger partial charge in [-0.1, -0.05) is 39.0 Å². The number of amides is 3. The van der Waals surface area contributed by atoms with Crippen LogP contribution in [0.2, 0.25) is 0 Å². The highest BCUT2D eigenvalue weighted by Gasteiger charge is 2.17. The lowest BCUT2D eigenvalue weighted by atomic mass is 9.82. The van der Waals surface area contributed by atoms with Crippen molar-refractivity contribution in [2.75, 3.05) is 11.9 Å². The molecule has 0 heterocycles. The SMILES string of the molecule is CCC(C)(C)c1ccc(OCC(=O)NNC(=O)CCC(=O)Nc2ccc(C)c(C)c2)cc1. The minimum Gasteiger partial charge on any atom is -0.484 e. The molecule has 0 spiro atoms. The van der Waals surface area contributed by atoms with Crippen LogP contribution in [0.3, 0.4) is 0 Å². The molecule has 0 radical (unpaired) electrons. The monoisotopic (exact) mass is 439 g/mol. The second-order valence-electron chi connectivity index (χ2n) is 8.49. The molecule has 2 rings (SSSR count). The van der Waals surface area contributed by atoms with E-state index >= 15 is 0 Å². The van der Waals surface area contributed by atoms with E-state index in [1.807, 2.05) is 56.3 Å². The summed E-state index contributed by atoms with van der Waals surface area (Å²) < 4.78 is 5.46. The zero-order valence-corrected chi connectivity index (χ0v) is 19.5. The largest absolute Gasteiger partial charge is 0.484 e. The standard InChI is InChI=1S/C25H33N3O4/c1-6-25(4,5)19-8-11-21(12-9-19)32-16-24(31)28-27-23(30)14-13-22(29)26-20-10-7-17(2)18(3)15-20/h7-12,15H,6,13-14,16H2,1-5H3,(H,26,29)(H,27,30)(H,28,31). The second kappa shape index (κ2) is 11.3. The van der Waals surface area contributed by atoms with Gasteiger partial charge in [0.05, 0.1) is 0 Å². The van der Waals surface area contributed by atoms with Crippen LogP contribution in [0.1, 0.15) is 56.7 Å². The van der Waals surface area contributed by atoms with Gasteiger partial charge in [0.2, 0.25) is 11.8 Å². The summed E-state index contributed by atoms with van der Waals surface area (Å²) in [5, 5.41) is 2.76. The van der Waals surface area contributed by atoms with Crippen molar-refractivity contribution in [1.29, 1.82) is 0 Å². The van der Waals surface area contributed by atoms with Gasteiger partial charge >= 0.3 is 0 Å². The van der Waals surface area contributed by atoms with Gasteiger partial charge in [0, 0.05) is 18.5 Å². The van der Waals surface area contributed by atoms with Crippen molar-refractivity contribution < 1.29 is 19.1 Å². The average Bonchev–Trinajstić information content (AvgIpc) is 2.77. The minimum absolute atomic E-state index is 0.00554. The summed E-state index contributed by atoms with van der Waals surface area (Å²) in [7, 11) is 0. The van der Waals surface area contributed by atoms with Gasteiger partial charge in [-0.2, -0.15) is 0 Å². The van der Waals surface area contributed by atoms with E-state index in [1.165, 1.54) is 5.56 Å². The Kier molecular flexibility index (Phi) is 8.81. The Morgan fingerprint density at radius 3 is 2.09 bits per heavy atom. The summed E-state index contributed by atoms with van der Waals surface area (Å²) in [5.74, 6) is -0.645. The van der Waals surface area contributed by atoms with E-state index in [9.17, 15) is 14.4 Å². The normalized spacial score (nSPS) is 10.9. The topological polar surface area (TPSA) is 96.5 Å². The molecule has 7 nitrogen and oxygen atoms in total. The quantitative estimate of drug-likeness (QED) is 0.516. The predicted octanol–water partition coefficient (Wildman–Crippen LogP) is 3.94. The molecule has 3 N–H and O–H groups in total. The molecular weight excluding hydrogens is 406 g/mol. The number of ether oxygens (including phenoxy) is 1. The molecule has 0 aliphatic rings. The summed E-state index contributed by atoms with van der Waals surface area (Å²) in [6.07, 6.45) is 0.973. The first-order valence-corrected chi connectivity index (χ1v) is 10.8. The molecule has 172 valence electrons. The fourth-order valence-corrected chi connectivity index (χ4v) is 2.86. The Bertz CT molecular complexity index is 952. The molecule has 0 atom stereocenters. The number of anilines is 1. The number of benzene rings is 2. The van der Waals surface area contributed by atoms with Gasteiger partial charge in [0.25, 0.3) is 5.91 Å². The highest BCUT2D eigenvalue weighted by molar-refractivity contribution is 5.93. The van der Waals surface area contributed by atoms with Crippen LogP contribution in [-0.2, 0) is 19.8 Å². The van der Waals surface area contributed by atoms with Crippen LogP contribution >= 0.6 is 0 Å². The maximum absolute atomic E-state index is 12.0. The maximum atomic E-state index is 12.0. The van der Waals surface area contributed by atoms with E-state index < -0.39 is 11.8 Å². The molecule has 2 aromatic rings. The van der Waals surface area contributed by atoms with Crippen LogP contribution in [0.25, 0.3) is 0 Å². The van der Waals surface area contributed by atoms with Gasteiger partial charge in [0.1, 0.15) is 5.75 Å².